The fourth-order valence-corrected chi connectivity index (χ4v) is 5.34. The average molecular weight is 411 g/mol. The number of rotatable bonds is 5. The molecule has 156 valence electrons. The molecule has 1 spiro atoms. The Morgan fingerprint density at radius 3 is 2.48 bits per heavy atom. The molecular formula is C27H26N2O2. The van der Waals surface area contributed by atoms with Crippen molar-refractivity contribution in [3.63, 3.8) is 0 Å². The van der Waals surface area contributed by atoms with Crippen LogP contribution in [0.15, 0.2) is 91.5 Å². The number of fused-ring (bicyclic) bond motifs is 2. The molecule has 2 aliphatic heterocycles. The minimum absolute atomic E-state index is 0.0482. The first-order chi connectivity index (χ1) is 15.2. The van der Waals surface area contributed by atoms with Gasteiger partial charge in [0.05, 0.1) is 18.6 Å². The van der Waals surface area contributed by atoms with E-state index in [0.717, 1.165) is 29.1 Å². The van der Waals surface area contributed by atoms with Crippen LogP contribution in [-0.2, 0) is 16.8 Å². The number of amides is 1. The maximum absolute atomic E-state index is 13.7. The molecule has 0 bridgehead atoms. The zero-order valence-corrected chi connectivity index (χ0v) is 17.6. The quantitative estimate of drug-likeness (QED) is 0.596. The molecule has 3 aromatic rings. The van der Waals surface area contributed by atoms with Crippen LogP contribution < -0.4 is 10.1 Å². The van der Waals surface area contributed by atoms with Crippen molar-refractivity contribution in [3.05, 3.63) is 108 Å². The molecule has 3 aromatic carbocycles. The van der Waals surface area contributed by atoms with Gasteiger partial charge in [-0.25, -0.2) is 0 Å². The summed E-state index contributed by atoms with van der Waals surface area (Å²) in [5.74, 6) is 0.791. The average Bonchev–Trinajstić information content (AvgIpc) is 3.29. The smallest absolute Gasteiger partial charge is 0.237 e. The van der Waals surface area contributed by atoms with Crippen LogP contribution in [0.4, 0.5) is 5.69 Å². The third kappa shape index (κ3) is 3.06. The molecule has 2 heterocycles. The highest BCUT2D eigenvalue weighted by Gasteiger charge is 2.60. The van der Waals surface area contributed by atoms with Gasteiger partial charge in [0.2, 0.25) is 5.91 Å². The van der Waals surface area contributed by atoms with Crippen LogP contribution in [0.3, 0.4) is 0 Å². The number of carbonyl (C=O) groups is 1. The van der Waals surface area contributed by atoms with Crippen LogP contribution in [0.5, 0.6) is 5.75 Å². The van der Waals surface area contributed by atoms with Gasteiger partial charge in [-0.3, -0.25) is 9.69 Å². The Bertz CT molecular complexity index is 1110. The molecule has 0 aliphatic carbocycles. The van der Waals surface area contributed by atoms with Gasteiger partial charge in [-0.2, -0.15) is 0 Å². The van der Waals surface area contributed by atoms with Gasteiger partial charge in [0.1, 0.15) is 5.75 Å². The number of nitrogens with zero attached hydrogens (tertiary/aromatic N) is 1. The predicted molar refractivity (Wildman–Crippen MR) is 123 cm³/mol. The molecule has 5 rings (SSSR count). The molecule has 0 radical (unpaired) electrons. The Kier molecular flexibility index (Phi) is 4.87. The molecule has 4 heteroatoms. The van der Waals surface area contributed by atoms with Crippen LogP contribution in [0.25, 0.3) is 0 Å². The molecule has 1 saturated heterocycles. The number of methoxy groups -OCH3 is 1. The van der Waals surface area contributed by atoms with Gasteiger partial charge in [-0.15, -0.1) is 6.58 Å². The van der Waals surface area contributed by atoms with Crippen molar-refractivity contribution in [2.75, 3.05) is 12.4 Å². The van der Waals surface area contributed by atoms with E-state index in [2.05, 4.69) is 53.2 Å². The lowest BCUT2D eigenvalue weighted by atomic mass is 9.72. The van der Waals surface area contributed by atoms with E-state index in [1.807, 2.05) is 48.5 Å². The highest BCUT2D eigenvalue weighted by atomic mass is 16.5. The molecule has 3 atom stereocenters. The van der Waals surface area contributed by atoms with E-state index < -0.39 is 5.41 Å². The van der Waals surface area contributed by atoms with Crippen molar-refractivity contribution in [2.45, 2.75) is 30.5 Å². The van der Waals surface area contributed by atoms with Crippen LogP contribution in [-0.4, -0.2) is 24.0 Å². The molecular weight excluding hydrogens is 384 g/mol. The van der Waals surface area contributed by atoms with Crippen molar-refractivity contribution in [1.29, 1.82) is 0 Å². The van der Waals surface area contributed by atoms with Gasteiger partial charge in [-0.1, -0.05) is 72.8 Å². The minimum Gasteiger partial charge on any atom is -0.497 e. The van der Waals surface area contributed by atoms with Gasteiger partial charge < -0.3 is 10.1 Å². The van der Waals surface area contributed by atoms with Gasteiger partial charge in [0, 0.05) is 24.3 Å². The normalized spacial score (nSPS) is 24.7. The lowest BCUT2D eigenvalue weighted by Gasteiger charge is -2.35. The monoisotopic (exact) mass is 410 g/mol. The summed E-state index contributed by atoms with van der Waals surface area (Å²) in [5.41, 5.74) is 3.56. The van der Waals surface area contributed by atoms with E-state index in [1.54, 1.807) is 7.11 Å². The molecule has 4 nitrogen and oxygen atoms in total. The second kappa shape index (κ2) is 7.71. The first-order valence-corrected chi connectivity index (χ1v) is 10.6. The SMILES string of the molecule is C=C[C@@H]1C[C@@]2(C(=O)Nc3cc(OC)ccc32)[C@H](c2ccccc2)N1Cc1ccccc1. The van der Waals surface area contributed by atoms with E-state index in [0.29, 0.717) is 6.42 Å². The summed E-state index contributed by atoms with van der Waals surface area (Å²) in [6, 6.07) is 26.7. The number of ether oxygens (including phenoxy) is 1. The molecule has 31 heavy (non-hydrogen) atoms. The molecule has 1 N–H and O–H groups in total. The van der Waals surface area contributed by atoms with E-state index in [1.165, 1.54) is 5.56 Å². The molecule has 1 amide bonds. The van der Waals surface area contributed by atoms with Gasteiger partial charge in [0.25, 0.3) is 0 Å². The van der Waals surface area contributed by atoms with E-state index in [9.17, 15) is 4.79 Å². The Morgan fingerprint density at radius 1 is 1.10 bits per heavy atom. The van der Waals surface area contributed by atoms with Crippen molar-refractivity contribution in [1.82, 2.24) is 4.90 Å². The second-order valence-corrected chi connectivity index (χ2v) is 8.32. The Hall–Kier alpha value is -3.37. The summed E-state index contributed by atoms with van der Waals surface area (Å²) < 4.78 is 5.40. The van der Waals surface area contributed by atoms with Crippen molar-refractivity contribution in [2.24, 2.45) is 0 Å². The van der Waals surface area contributed by atoms with Crippen molar-refractivity contribution in [3.8, 4) is 5.75 Å². The fraction of sp³-hybridized carbons (Fsp3) is 0.222. The second-order valence-electron chi connectivity index (χ2n) is 8.32. The summed E-state index contributed by atoms with van der Waals surface area (Å²) in [6.45, 7) is 4.88. The van der Waals surface area contributed by atoms with Gasteiger partial charge in [0.15, 0.2) is 0 Å². The number of anilines is 1. The summed E-state index contributed by atoms with van der Waals surface area (Å²) in [5, 5.41) is 3.15. The standard InChI is InChI=1S/C27H26N2O2/c1-3-21-17-27(23-15-14-22(31-2)16-24(23)28-26(27)30)25(20-12-8-5-9-13-20)29(21)18-19-10-6-4-7-11-19/h3-16,21,25H,1,17-18H2,2H3,(H,28,30)/t21-,25+,27+/m1/s1. The highest BCUT2D eigenvalue weighted by molar-refractivity contribution is 6.07. The van der Waals surface area contributed by atoms with Crippen LogP contribution in [0.1, 0.15) is 29.2 Å². The molecule has 2 aliphatic rings. The number of hydrogen-bond donors (Lipinski definition) is 1. The van der Waals surface area contributed by atoms with E-state index in [-0.39, 0.29) is 18.0 Å². The maximum atomic E-state index is 13.7. The molecule has 1 fully saturated rings. The summed E-state index contributed by atoms with van der Waals surface area (Å²) >= 11 is 0. The topological polar surface area (TPSA) is 41.6 Å². The lowest BCUT2D eigenvalue weighted by Crippen LogP contribution is -2.41. The Labute approximate surface area is 183 Å². The van der Waals surface area contributed by atoms with E-state index >= 15 is 0 Å². The summed E-state index contributed by atoms with van der Waals surface area (Å²) in [6.07, 6.45) is 2.68. The predicted octanol–water partition coefficient (Wildman–Crippen LogP) is 5.09. The summed E-state index contributed by atoms with van der Waals surface area (Å²) in [4.78, 5) is 16.1. The zero-order valence-electron chi connectivity index (χ0n) is 17.6. The molecule has 0 saturated carbocycles. The van der Waals surface area contributed by atoms with Crippen LogP contribution in [0, 0.1) is 0 Å². The number of carbonyl (C=O) groups excluding carboxylic acids is 1. The molecule has 0 unspecified atom stereocenters. The van der Waals surface area contributed by atoms with E-state index in [4.69, 9.17) is 4.74 Å². The number of likely N-dealkylation sites (tertiary alicyclic amines) is 1. The van der Waals surface area contributed by atoms with Gasteiger partial charge in [-0.05, 0) is 29.2 Å². The van der Waals surface area contributed by atoms with Crippen LogP contribution >= 0.6 is 0 Å². The third-order valence-corrected chi connectivity index (χ3v) is 6.71. The highest BCUT2D eigenvalue weighted by Crippen LogP contribution is 2.57. The molecule has 0 aromatic heterocycles. The zero-order chi connectivity index (χ0) is 21.4. The lowest BCUT2D eigenvalue weighted by molar-refractivity contribution is -0.121. The fourth-order valence-electron chi connectivity index (χ4n) is 5.34. The largest absolute Gasteiger partial charge is 0.497 e. The minimum atomic E-state index is -0.684. The third-order valence-electron chi connectivity index (χ3n) is 6.71. The first kappa shape index (κ1) is 19.6. The Balaban J connectivity index is 1.68. The van der Waals surface area contributed by atoms with Crippen molar-refractivity contribution >= 4 is 11.6 Å². The summed E-state index contributed by atoms with van der Waals surface area (Å²) in [7, 11) is 1.64. The maximum Gasteiger partial charge on any atom is 0.237 e. The number of nitrogens with one attached hydrogen (secondary N) is 1. The van der Waals surface area contributed by atoms with Gasteiger partial charge >= 0.3 is 0 Å². The first-order valence-electron chi connectivity index (χ1n) is 10.6. The Morgan fingerprint density at radius 2 is 1.81 bits per heavy atom. The van der Waals surface area contributed by atoms with Crippen molar-refractivity contribution < 1.29 is 9.53 Å². The number of benzene rings is 3. The number of hydrogen-bond acceptors (Lipinski definition) is 3. The van der Waals surface area contributed by atoms with Crippen LogP contribution in [0.2, 0.25) is 0 Å².